The van der Waals surface area contributed by atoms with Crippen molar-refractivity contribution in [3.05, 3.63) is 65.7 Å². The van der Waals surface area contributed by atoms with Gasteiger partial charge in [-0.1, -0.05) is 63.2 Å². The van der Waals surface area contributed by atoms with Gasteiger partial charge < -0.3 is 20.1 Å². The van der Waals surface area contributed by atoms with Crippen LogP contribution in [0.1, 0.15) is 38.0 Å². The van der Waals surface area contributed by atoms with Crippen molar-refractivity contribution < 1.29 is 19.4 Å². The van der Waals surface area contributed by atoms with Crippen molar-refractivity contribution in [1.82, 2.24) is 4.90 Å². The minimum Gasteiger partial charge on any atom is -0.394 e. The van der Waals surface area contributed by atoms with Crippen LogP contribution in [0.3, 0.4) is 0 Å². The maximum atomic E-state index is 12.5. The van der Waals surface area contributed by atoms with E-state index in [1.807, 2.05) is 75.4 Å². The van der Waals surface area contributed by atoms with Crippen LogP contribution in [0.25, 0.3) is 0 Å². The summed E-state index contributed by atoms with van der Waals surface area (Å²) in [5, 5.41) is 12.9. The van der Waals surface area contributed by atoms with Crippen LogP contribution in [0, 0.1) is 5.41 Å². The fourth-order valence-electron chi connectivity index (χ4n) is 3.28. The van der Waals surface area contributed by atoms with Gasteiger partial charge in [0, 0.05) is 17.6 Å². The summed E-state index contributed by atoms with van der Waals surface area (Å²) in [4.78, 5) is 26.3. The van der Waals surface area contributed by atoms with Crippen molar-refractivity contribution >= 4 is 17.5 Å². The summed E-state index contributed by atoms with van der Waals surface area (Å²) in [6.07, 6.45) is -0.436. The zero-order valence-corrected chi connectivity index (χ0v) is 17.1. The van der Waals surface area contributed by atoms with Crippen LogP contribution in [0.5, 0.6) is 0 Å². The van der Waals surface area contributed by atoms with Gasteiger partial charge in [-0.25, -0.2) is 0 Å². The van der Waals surface area contributed by atoms with E-state index in [4.69, 9.17) is 4.74 Å². The number of aliphatic hydroxyl groups is 1. The van der Waals surface area contributed by atoms with Crippen molar-refractivity contribution in [1.29, 1.82) is 0 Å². The van der Waals surface area contributed by atoms with Crippen molar-refractivity contribution in [2.75, 3.05) is 18.5 Å². The van der Waals surface area contributed by atoms with E-state index in [1.54, 1.807) is 4.90 Å². The quantitative estimate of drug-likeness (QED) is 0.814. The average Bonchev–Trinajstić information content (AvgIpc) is 2.70. The number of benzene rings is 2. The van der Waals surface area contributed by atoms with E-state index in [9.17, 15) is 14.7 Å². The number of nitrogens with zero attached hydrogens (tertiary/aromatic N) is 1. The van der Waals surface area contributed by atoms with E-state index in [1.165, 1.54) is 0 Å². The van der Waals surface area contributed by atoms with Gasteiger partial charge in [0.05, 0.1) is 12.6 Å². The normalized spacial score (nSPS) is 19.9. The van der Waals surface area contributed by atoms with Crippen LogP contribution < -0.4 is 5.32 Å². The molecule has 2 aromatic rings. The SMILES string of the molecule is CC(C)(C)C(=O)Nc1ccc(C2OCC(=O)N(Cc3ccccc3)C2CO)cc1. The molecule has 0 aliphatic carbocycles. The Hall–Kier alpha value is -2.70. The number of nitrogens with one attached hydrogen (secondary N) is 1. The molecule has 0 saturated carbocycles. The number of carbonyl (C=O) groups is 2. The van der Waals surface area contributed by atoms with Crippen LogP contribution in [0.2, 0.25) is 0 Å². The van der Waals surface area contributed by atoms with Crippen LogP contribution in [-0.4, -0.2) is 41.1 Å². The first kappa shape index (κ1) is 21.0. The third-order valence-corrected chi connectivity index (χ3v) is 5.02. The van der Waals surface area contributed by atoms with E-state index in [0.717, 1.165) is 11.1 Å². The lowest BCUT2D eigenvalue weighted by molar-refractivity contribution is -0.162. The zero-order chi connectivity index (χ0) is 21.0. The zero-order valence-electron chi connectivity index (χ0n) is 17.1. The van der Waals surface area contributed by atoms with Gasteiger partial charge in [0.2, 0.25) is 11.8 Å². The van der Waals surface area contributed by atoms with Crippen molar-refractivity contribution in [2.45, 2.75) is 39.5 Å². The molecular weight excluding hydrogens is 368 g/mol. The van der Waals surface area contributed by atoms with Crippen LogP contribution >= 0.6 is 0 Å². The Kier molecular flexibility index (Phi) is 6.35. The highest BCUT2D eigenvalue weighted by atomic mass is 16.5. The molecule has 6 heteroatoms. The smallest absolute Gasteiger partial charge is 0.249 e. The molecule has 1 saturated heterocycles. The molecule has 154 valence electrons. The summed E-state index contributed by atoms with van der Waals surface area (Å²) in [7, 11) is 0. The lowest BCUT2D eigenvalue weighted by atomic mass is 9.95. The molecule has 2 N–H and O–H groups in total. The Morgan fingerprint density at radius 3 is 2.38 bits per heavy atom. The van der Waals surface area contributed by atoms with Gasteiger partial charge in [0.25, 0.3) is 0 Å². The summed E-state index contributed by atoms with van der Waals surface area (Å²) >= 11 is 0. The summed E-state index contributed by atoms with van der Waals surface area (Å²) in [5.74, 6) is -0.203. The first-order valence-electron chi connectivity index (χ1n) is 9.77. The van der Waals surface area contributed by atoms with E-state index in [-0.39, 0.29) is 25.0 Å². The monoisotopic (exact) mass is 396 g/mol. The third kappa shape index (κ3) is 5.02. The highest BCUT2D eigenvalue weighted by Gasteiger charge is 2.37. The second kappa shape index (κ2) is 8.76. The number of anilines is 1. The molecular formula is C23H28N2O4. The van der Waals surface area contributed by atoms with Crippen molar-refractivity contribution in [3.63, 3.8) is 0 Å². The van der Waals surface area contributed by atoms with Crippen LogP contribution in [-0.2, 0) is 20.9 Å². The van der Waals surface area contributed by atoms with Gasteiger partial charge in [-0.3, -0.25) is 9.59 Å². The molecule has 2 atom stereocenters. The molecule has 2 unspecified atom stereocenters. The number of aliphatic hydroxyl groups excluding tert-OH is 1. The van der Waals surface area contributed by atoms with E-state index < -0.39 is 17.6 Å². The number of amides is 2. The minimum absolute atomic E-state index is 0.0312. The number of ether oxygens (including phenoxy) is 1. The molecule has 1 aliphatic rings. The molecule has 0 radical (unpaired) electrons. The number of rotatable bonds is 5. The van der Waals surface area contributed by atoms with E-state index in [0.29, 0.717) is 12.2 Å². The van der Waals surface area contributed by atoms with Crippen molar-refractivity contribution in [3.8, 4) is 0 Å². The van der Waals surface area contributed by atoms with Crippen LogP contribution in [0.15, 0.2) is 54.6 Å². The second-order valence-electron chi connectivity index (χ2n) is 8.31. The summed E-state index contributed by atoms with van der Waals surface area (Å²) in [5.41, 5.74) is 2.07. The van der Waals surface area contributed by atoms with Gasteiger partial charge in [0.15, 0.2) is 0 Å². The predicted octanol–water partition coefficient (Wildman–Crippen LogP) is 3.13. The van der Waals surface area contributed by atoms with Gasteiger partial charge in [0.1, 0.15) is 12.7 Å². The van der Waals surface area contributed by atoms with E-state index >= 15 is 0 Å². The molecule has 1 fully saturated rings. The highest BCUT2D eigenvalue weighted by Crippen LogP contribution is 2.31. The molecule has 1 aliphatic heterocycles. The topological polar surface area (TPSA) is 78.9 Å². The fourth-order valence-corrected chi connectivity index (χ4v) is 3.28. The fraction of sp³-hybridized carbons (Fsp3) is 0.391. The molecule has 0 aromatic heterocycles. The Labute approximate surface area is 171 Å². The highest BCUT2D eigenvalue weighted by molar-refractivity contribution is 5.94. The molecule has 0 spiro atoms. The number of morpholine rings is 1. The first-order valence-corrected chi connectivity index (χ1v) is 9.77. The minimum atomic E-state index is -0.481. The molecule has 3 rings (SSSR count). The van der Waals surface area contributed by atoms with Gasteiger partial charge >= 0.3 is 0 Å². The van der Waals surface area contributed by atoms with Crippen LogP contribution in [0.4, 0.5) is 5.69 Å². The van der Waals surface area contributed by atoms with Gasteiger partial charge in [-0.15, -0.1) is 0 Å². The lowest BCUT2D eigenvalue weighted by Crippen LogP contribution is -2.52. The standard InChI is InChI=1S/C23H28N2O4/c1-23(2,3)22(28)24-18-11-9-17(10-12-18)21-19(14-26)25(20(27)15-29-21)13-16-7-5-4-6-8-16/h4-12,19,21,26H,13-15H2,1-3H3,(H,24,28). The Balaban J connectivity index is 1.76. The number of hydrogen-bond donors (Lipinski definition) is 2. The maximum absolute atomic E-state index is 12.5. The molecule has 29 heavy (non-hydrogen) atoms. The van der Waals surface area contributed by atoms with E-state index in [2.05, 4.69) is 5.32 Å². The summed E-state index contributed by atoms with van der Waals surface area (Å²) in [6, 6.07) is 16.6. The summed E-state index contributed by atoms with van der Waals surface area (Å²) < 4.78 is 5.78. The van der Waals surface area contributed by atoms with Gasteiger partial charge in [-0.05, 0) is 23.3 Å². The Bertz CT molecular complexity index is 843. The number of carbonyl (C=O) groups excluding carboxylic acids is 2. The Morgan fingerprint density at radius 2 is 1.79 bits per heavy atom. The van der Waals surface area contributed by atoms with Crippen molar-refractivity contribution in [2.24, 2.45) is 5.41 Å². The molecule has 2 amide bonds. The third-order valence-electron chi connectivity index (χ3n) is 5.02. The number of hydrogen-bond acceptors (Lipinski definition) is 4. The Morgan fingerprint density at radius 1 is 1.14 bits per heavy atom. The maximum Gasteiger partial charge on any atom is 0.249 e. The molecule has 1 heterocycles. The molecule has 0 bridgehead atoms. The molecule has 6 nitrogen and oxygen atoms in total. The second-order valence-corrected chi connectivity index (χ2v) is 8.31. The largest absolute Gasteiger partial charge is 0.394 e. The lowest BCUT2D eigenvalue weighted by Gasteiger charge is -2.40. The summed E-state index contributed by atoms with van der Waals surface area (Å²) in [6.45, 7) is 5.76. The predicted molar refractivity (Wildman–Crippen MR) is 111 cm³/mol. The average molecular weight is 396 g/mol. The van der Waals surface area contributed by atoms with Gasteiger partial charge in [-0.2, -0.15) is 0 Å². The molecule has 2 aromatic carbocycles. The first-order chi connectivity index (χ1) is 13.8.